The number of nitrogens with one attached hydrogen (secondary N) is 2. The molecule has 1 aromatic heterocycles. The summed E-state index contributed by atoms with van der Waals surface area (Å²) in [6, 6.07) is 1.90. The van der Waals surface area contributed by atoms with Gasteiger partial charge >= 0.3 is 0 Å². The van der Waals surface area contributed by atoms with Crippen molar-refractivity contribution in [1.82, 2.24) is 15.5 Å². The first-order valence-electron chi connectivity index (χ1n) is 3.88. The average Bonchev–Trinajstić information content (AvgIpc) is 2.34. The number of amides is 1. The van der Waals surface area contributed by atoms with Crippen LogP contribution in [-0.4, -0.2) is 16.1 Å². The Kier molecular flexibility index (Phi) is 2.47. The molecular formula is C8H13N3O. The van der Waals surface area contributed by atoms with Crippen LogP contribution in [-0.2, 0) is 4.79 Å². The van der Waals surface area contributed by atoms with Crippen molar-refractivity contribution in [3.63, 3.8) is 0 Å². The fourth-order valence-corrected chi connectivity index (χ4v) is 1.04. The molecule has 0 aliphatic heterocycles. The number of carbonyl (C=O) groups is 1. The number of hydrogen-bond acceptors (Lipinski definition) is 2. The Hall–Kier alpha value is -1.32. The highest BCUT2D eigenvalue weighted by Gasteiger charge is 2.08. The third-order valence-electron chi connectivity index (χ3n) is 1.59. The van der Waals surface area contributed by atoms with Crippen LogP contribution in [0.5, 0.6) is 0 Å². The van der Waals surface area contributed by atoms with Crippen molar-refractivity contribution in [2.75, 3.05) is 0 Å². The molecule has 0 radical (unpaired) electrons. The topological polar surface area (TPSA) is 57.8 Å². The molecule has 2 N–H and O–H groups in total. The second-order valence-corrected chi connectivity index (χ2v) is 2.90. The molecule has 1 atom stereocenters. The van der Waals surface area contributed by atoms with Crippen molar-refractivity contribution in [3.8, 4) is 0 Å². The molecule has 0 aliphatic carbocycles. The highest BCUT2D eigenvalue weighted by atomic mass is 16.1. The number of aryl methyl sites for hydroxylation is 1. The zero-order valence-corrected chi connectivity index (χ0v) is 7.51. The Morgan fingerprint density at radius 3 is 2.83 bits per heavy atom. The standard InChI is InChI=1S/C8H13N3O/c1-5-4-8(11-10-5)6(2)9-7(3)12/h4,6H,1-3H3,(H,9,12)(H,10,11)/t6-/m1/s1. The second-order valence-electron chi connectivity index (χ2n) is 2.90. The largest absolute Gasteiger partial charge is 0.348 e. The number of hydrogen-bond donors (Lipinski definition) is 2. The lowest BCUT2D eigenvalue weighted by Gasteiger charge is -2.07. The van der Waals surface area contributed by atoms with E-state index < -0.39 is 0 Å². The van der Waals surface area contributed by atoms with E-state index in [9.17, 15) is 4.79 Å². The quantitative estimate of drug-likeness (QED) is 0.688. The first-order chi connectivity index (χ1) is 5.59. The monoisotopic (exact) mass is 167 g/mol. The van der Waals surface area contributed by atoms with E-state index >= 15 is 0 Å². The van der Waals surface area contributed by atoms with Crippen molar-refractivity contribution in [3.05, 3.63) is 17.5 Å². The lowest BCUT2D eigenvalue weighted by Crippen LogP contribution is -2.23. The Morgan fingerprint density at radius 1 is 1.75 bits per heavy atom. The van der Waals surface area contributed by atoms with E-state index in [0.717, 1.165) is 11.4 Å². The molecule has 1 rings (SSSR count). The molecule has 4 nitrogen and oxygen atoms in total. The smallest absolute Gasteiger partial charge is 0.217 e. The summed E-state index contributed by atoms with van der Waals surface area (Å²) >= 11 is 0. The summed E-state index contributed by atoms with van der Waals surface area (Å²) < 4.78 is 0. The van der Waals surface area contributed by atoms with Gasteiger partial charge in [0.05, 0.1) is 11.7 Å². The van der Waals surface area contributed by atoms with Gasteiger partial charge in [0.15, 0.2) is 0 Å². The van der Waals surface area contributed by atoms with Crippen LogP contribution in [0.3, 0.4) is 0 Å². The van der Waals surface area contributed by atoms with Crippen molar-refractivity contribution >= 4 is 5.91 Å². The zero-order chi connectivity index (χ0) is 9.14. The molecule has 0 saturated carbocycles. The third kappa shape index (κ3) is 2.08. The number of carbonyl (C=O) groups excluding carboxylic acids is 1. The SMILES string of the molecule is CC(=O)N[C@H](C)c1cc(C)[nH]n1. The van der Waals surface area contributed by atoms with E-state index in [1.807, 2.05) is 19.9 Å². The van der Waals surface area contributed by atoms with Crippen LogP contribution >= 0.6 is 0 Å². The minimum absolute atomic E-state index is 0.0209. The normalized spacial score (nSPS) is 12.6. The molecule has 66 valence electrons. The van der Waals surface area contributed by atoms with Crippen LogP contribution in [0.1, 0.15) is 31.3 Å². The minimum Gasteiger partial charge on any atom is -0.348 e. The molecule has 0 aliphatic rings. The minimum atomic E-state index is -0.0387. The van der Waals surface area contributed by atoms with Crippen LogP contribution in [0.15, 0.2) is 6.07 Å². The van der Waals surface area contributed by atoms with Gasteiger partial charge in [-0.25, -0.2) is 0 Å². The van der Waals surface area contributed by atoms with Gasteiger partial charge in [-0.2, -0.15) is 5.10 Å². The Morgan fingerprint density at radius 2 is 2.42 bits per heavy atom. The molecule has 0 aromatic carbocycles. The van der Waals surface area contributed by atoms with E-state index in [4.69, 9.17) is 0 Å². The molecule has 4 heteroatoms. The molecular weight excluding hydrogens is 154 g/mol. The number of aromatic amines is 1. The van der Waals surface area contributed by atoms with Crippen molar-refractivity contribution in [2.45, 2.75) is 26.8 Å². The predicted octanol–water partition coefficient (Wildman–Crippen LogP) is 0.915. The van der Waals surface area contributed by atoms with Crippen molar-refractivity contribution in [1.29, 1.82) is 0 Å². The Labute approximate surface area is 71.4 Å². The van der Waals surface area contributed by atoms with E-state index in [1.165, 1.54) is 6.92 Å². The van der Waals surface area contributed by atoms with Gasteiger partial charge in [0.1, 0.15) is 0 Å². The number of rotatable bonds is 2. The molecule has 12 heavy (non-hydrogen) atoms. The molecule has 0 bridgehead atoms. The van der Waals surface area contributed by atoms with Gasteiger partial charge in [-0.15, -0.1) is 0 Å². The first-order valence-corrected chi connectivity index (χ1v) is 3.88. The summed E-state index contributed by atoms with van der Waals surface area (Å²) in [7, 11) is 0. The number of aromatic nitrogens is 2. The predicted molar refractivity (Wildman–Crippen MR) is 45.6 cm³/mol. The van der Waals surface area contributed by atoms with Crippen LogP contribution in [0.2, 0.25) is 0 Å². The summed E-state index contributed by atoms with van der Waals surface area (Å²) in [6.07, 6.45) is 0. The summed E-state index contributed by atoms with van der Waals surface area (Å²) in [5, 5.41) is 9.60. The molecule has 1 amide bonds. The highest BCUT2D eigenvalue weighted by molar-refractivity contribution is 5.73. The van der Waals surface area contributed by atoms with Gasteiger partial charge in [-0.1, -0.05) is 0 Å². The van der Waals surface area contributed by atoms with Crippen LogP contribution in [0.4, 0.5) is 0 Å². The maximum atomic E-state index is 10.7. The van der Waals surface area contributed by atoms with E-state index in [1.54, 1.807) is 0 Å². The molecule has 1 aromatic rings. The summed E-state index contributed by atoms with van der Waals surface area (Å²) in [6.45, 7) is 5.32. The Balaban J connectivity index is 2.64. The molecule has 0 unspecified atom stereocenters. The first kappa shape index (κ1) is 8.77. The van der Waals surface area contributed by atoms with Gasteiger partial charge in [0.25, 0.3) is 0 Å². The third-order valence-corrected chi connectivity index (χ3v) is 1.59. The second kappa shape index (κ2) is 3.38. The fourth-order valence-electron chi connectivity index (χ4n) is 1.04. The van der Waals surface area contributed by atoms with Crippen LogP contribution in [0, 0.1) is 6.92 Å². The highest BCUT2D eigenvalue weighted by Crippen LogP contribution is 2.08. The van der Waals surface area contributed by atoms with E-state index in [0.29, 0.717) is 0 Å². The van der Waals surface area contributed by atoms with Gasteiger partial charge in [0, 0.05) is 12.6 Å². The average molecular weight is 167 g/mol. The maximum Gasteiger partial charge on any atom is 0.217 e. The van der Waals surface area contributed by atoms with Gasteiger partial charge in [-0.3, -0.25) is 9.89 Å². The number of H-pyrrole nitrogens is 1. The maximum absolute atomic E-state index is 10.7. The Bertz CT molecular complexity index is 280. The van der Waals surface area contributed by atoms with Gasteiger partial charge in [0.2, 0.25) is 5.91 Å². The van der Waals surface area contributed by atoms with Gasteiger partial charge < -0.3 is 5.32 Å². The van der Waals surface area contributed by atoms with E-state index in [-0.39, 0.29) is 11.9 Å². The van der Waals surface area contributed by atoms with Crippen molar-refractivity contribution < 1.29 is 4.79 Å². The van der Waals surface area contributed by atoms with Crippen molar-refractivity contribution in [2.24, 2.45) is 0 Å². The van der Waals surface area contributed by atoms with Crippen LogP contribution < -0.4 is 5.32 Å². The summed E-state index contributed by atoms with van der Waals surface area (Å²) in [5.41, 5.74) is 1.87. The zero-order valence-electron chi connectivity index (χ0n) is 7.51. The van der Waals surface area contributed by atoms with Gasteiger partial charge in [-0.05, 0) is 19.9 Å². The lowest BCUT2D eigenvalue weighted by atomic mass is 10.2. The summed E-state index contributed by atoms with van der Waals surface area (Å²) in [4.78, 5) is 10.7. The summed E-state index contributed by atoms with van der Waals surface area (Å²) in [5.74, 6) is -0.0387. The van der Waals surface area contributed by atoms with Crippen LogP contribution in [0.25, 0.3) is 0 Å². The van der Waals surface area contributed by atoms with E-state index in [2.05, 4.69) is 15.5 Å². The molecule has 0 saturated heterocycles. The molecule has 0 spiro atoms. The lowest BCUT2D eigenvalue weighted by molar-refractivity contribution is -0.119. The number of nitrogens with zero attached hydrogens (tertiary/aromatic N) is 1. The molecule has 0 fully saturated rings. The molecule has 1 heterocycles. The fraction of sp³-hybridized carbons (Fsp3) is 0.500.